The molecule has 0 unspecified atom stereocenters. The molecule has 0 radical (unpaired) electrons. The fraction of sp³-hybridized carbons (Fsp3) is 0.872. The van der Waals surface area contributed by atoms with E-state index in [1.807, 2.05) is 22.8 Å². The van der Waals surface area contributed by atoms with Gasteiger partial charge in [-0.2, -0.15) is 30.4 Å². The van der Waals surface area contributed by atoms with Crippen LogP contribution < -0.4 is 17.2 Å². The van der Waals surface area contributed by atoms with E-state index in [-0.39, 0.29) is 150 Å². The molecule has 3 aromatic heterocycles. The molecule has 12 aliphatic carbocycles. The second-order valence-corrected chi connectivity index (χ2v) is 55.1. The average Bonchev–Trinajstić information content (AvgIpc) is 0.717. The molecule has 10 N–H and O–H groups in total. The molecule has 25 nitrogen and oxygen atoms in total. The lowest BCUT2D eigenvalue weighted by Crippen LogP contribution is -2.70. The molecule has 6 heterocycles. The summed E-state index contributed by atoms with van der Waals surface area (Å²) in [6.07, 6.45) is 35.3. The molecule has 15 aliphatic rings. The fourth-order valence-electron chi connectivity index (χ4n) is 35.6. The minimum atomic E-state index is -0.614. The number of fused-ring (bicyclic) bond motifs is 9. The van der Waals surface area contributed by atoms with Gasteiger partial charge >= 0.3 is 17.9 Å². The summed E-state index contributed by atoms with van der Waals surface area (Å²) in [7, 11) is 1.84. The van der Waals surface area contributed by atoms with Crippen molar-refractivity contribution in [1.29, 1.82) is 0 Å². The Bertz CT molecular complexity index is 4740. The van der Waals surface area contributed by atoms with Crippen LogP contribution in [-0.4, -0.2) is 186 Å². The Labute approximate surface area is 856 Å². The van der Waals surface area contributed by atoms with E-state index in [4.69, 9.17) is 60.6 Å². The molecule has 0 spiro atoms. The highest BCUT2D eigenvalue weighted by Crippen LogP contribution is 2.81. The molecule has 36 atom stereocenters. The fourth-order valence-corrected chi connectivity index (χ4v) is 35.6. The van der Waals surface area contributed by atoms with Gasteiger partial charge in [0.1, 0.15) is 0 Å². The number of carbonyl (C=O) groups is 3. The summed E-state index contributed by atoms with van der Waals surface area (Å²) in [4.78, 5) is 42.0. The van der Waals surface area contributed by atoms with Gasteiger partial charge in [0.05, 0.1) is 145 Å². The van der Waals surface area contributed by atoms with Crippen LogP contribution in [0.25, 0.3) is 0 Å². The standard InChI is InChI=1S/2C38H62N4O4.C37H63NO5.C2H3N3.2CH4/c1-23(2)25(5)33(6)15-16-35(8)26-11-12-29-34(7)20-45-22-38(29,27(26)13-14-36(35,9)30(33)32(43)44)19-28(42-18-17-40-41-42)31(34)46-21-37(10,39)24(3)4;1-23(2)25(5)33(6)15-16-35(8)26-11-12-29-34(7)20-45-22-38(29,27(26)13-14-36(35,9)30(33)32(43)44)19-28(42-40-17-18-41-42)31(34)46-21-37(10,39)24(3)4;1-22(2)24(5)32(6)16-17-34(8)25-12-13-28-33(7)19-42-21-37(28,26(25)14-15-35(34,9)29(32)31(39)40)18-27(41-11)30(33)43-20-36(10,38)23(3)4;1-2-4-5-3-1;;/h2*13,17-18,23-26,28-31H,11-12,14-16,19-22,39H2,1-10H3,(H,43,44);14,22-25,27-30H,12-13,15-21,38H2,1-11H3,(H,39,40);1-2H,(H,3,4,5);2*1H4/t2*25-,26+,28-,29+,30-,31+,33-,34-,35-,36+,37+,38+;24-,25+,27-,28+,29-,30+,32-,33-,34-,35+,36+,37+;;;/m111.../s1. The minimum absolute atomic E-state index is 0. The summed E-state index contributed by atoms with van der Waals surface area (Å²) in [5.74, 6) is 2.43. The zero-order chi connectivity index (χ0) is 103. The molecule has 6 bridgehead atoms. The normalized spacial score (nSPS) is 44.4. The van der Waals surface area contributed by atoms with Crippen molar-refractivity contribution < 1.29 is 62.9 Å². The largest absolute Gasteiger partial charge is 0.481 e. The Balaban J connectivity index is 0.000000173. The van der Waals surface area contributed by atoms with E-state index in [1.54, 1.807) is 36.6 Å². The molecule has 142 heavy (non-hydrogen) atoms. The summed E-state index contributed by atoms with van der Waals surface area (Å²) in [6.45, 7) is 73.5. The zero-order valence-corrected chi connectivity index (χ0v) is 92.4. The quantitative estimate of drug-likeness (QED) is 0.0410. The van der Waals surface area contributed by atoms with Gasteiger partial charge in [-0.05, 0) is 274 Å². The topological polar surface area (TPSA) is 358 Å². The Morgan fingerprint density at radius 3 is 1.03 bits per heavy atom. The van der Waals surface area contributed by atoms with E-state index in [0.29, 0.717) is 130 Å². The van der Waals surface area contributed by atoms with Crippen molar-refractivity contribution in [2.24, 2.45) is 205 Å². The number of carboxylic acids is 3. The lowest BCUT2D eigenvalue weighted by molar-refractivity contribution is -0.269. The highest BCUT2D eigenvalue weighted by atomic mass is 16.5. The predicted molar refractivity (Wildman–Crippen MR) is 561 cm³/mol. The monoisotopic (exact) mass is 1980 g/mol. The molecule has 804 valence electrons. The van der Waals surface area contributed by atoms with Crippen LogP contribution in [-0.2, 0) is 47.5 Å². The van der Waals surface area contributed by atoms with Gasteiger partial charge in [0.15, 0.2) is 0 Å². The molecular weight excluding hydrogens is 1780 g/mol. The van der Waals surface area contributed by atoms with Gasteiger partial charge in [-0.15, -0.1) is 5.10 Å². The maximum atomic E-state index is 13.4. The van der Waals surface area contributed by atoms with E-state index in [1.165, 1.54) is 11.1 Å². The van der Waals surface area contributed by atoms with Crippen LogP contribution in [0.5, 0.6) is 0 Å². The third-order valence-electron chi connectivity index (χ3n) is 47.1. The lowest BCUT2D eigenvalue weighted by atomic mass is 9.34. The van der Waals surface area contributed by atoms with E-state index >= 15 is 0 Å². The highest BCUT2D eigenvalue weighted by Gasteiger charge is 2.78. The number of nitrogens with one attached hydrogen (secondary N) is 1. The van der Waals surface area contributed by atoms with Gasteiger partial charge in [-0.25, -0.2) is 4.68 Å². The molecule has 25 heteroatoms. The third kappa shape index (κ3) is 17.4. The summed E-state index contributed by atoms with van der Waals surface area (Å²) in [5, 5.41) is 60.5. The van der Waals surface area contributed by atoms with Crippen molar-refractivity contribution in [3.63, 3.8) is 0 Å². The highest BCUT2D eigenvalue weighted by molar-refractivity contribution is 5.75. The number of hydrogen-bond acceptors (Lipinski definition) is 19. The van der Waals surface area contributed by atoms with Crippen LogP contribution in [0.4, 0.5) is 0 Å². The van der Waals surface area contributed by atoms with Gasteiger partial charge < -0.3 is 65.7 Å². The summed E-state index contributed by atoms with van der Waals surface area (Å²) in [5.41, 5.74) is 20.4. The lowest BCUT2D eigenvalue weighted by Gasteiger charge is -2.71. The molecular formula is C117H198N12O13. The number of ether oxygens (including phenoxy) is 7. The van der Waals surface area contributed by atoms with Gasteiger partial charge in [-0.1, -0.05) is 242 Å². The minimum Gasteiger partial charge on any atom is -0.481 e. The number of rotatable bonds is 24. The Hall–Kier alpha value is -5.35. The third-order valence-corrected chi connectivity index (χ3v) is 47.1. The first-order chi connectivity index (χ1) is 65.1. The van der Waals surface area contributed by atoms with Crippen molar-refractivity contribution in [1.82, 2.24) is 45.4 Å². The number of aromatic amines is 1. The van der Waals surface area contributed by atoms with Crippen LogP contribution in [0, 0.1) is 188 Å². The number of aliphatic carboxylic acids is 3. The van der Waals surface area contributed by atoms with E-state index in [0.717, 1.165) is 122 Å². The average molecular weight is 1980 g/mol. The van der Waals surface area contributed by atoms with Crippen molar-refractivity contribution in [2.45, 2.75) is 391 Å². The Morgan fingerprint density at radius 1 is 0.430 bits per heavy atom. The van der Waals surface area contributed by atoms with Crippen LogP contribution in [0.3, 0.4) is 0 Å². The summed E-state index contributed by atoms with van der Waals surface area (Å²) in [6, 6.07) is -0.0399. The molecule has 9 saturated carbocycles. The van der Waals surface area contributed by atoms with Crippen molar-refractivity contribution in [3.05, 3.63) is 72.1 Å². The van der Waals surface area contributed by atoms with E-state index in [9.17, 15) is 29.7 Å². The summed E-state index contributed by atoms with van der Waals surface area (Å²) >= 11 is 0. The zero-order valence-electron chi connectivity index (χ0n) is 92.4. The van der Waals surface area contributed by atoms with Gasteiger partial charge in [0, 0.05) is 62.4 Å². The van der Waals surface area contributed by atoms with Crippen LogP contribution in [0.1, 0.15) is 350 Å². The van der Waals surface area contributed by atoms with Gasteiger partial charge in [0.25, 0.3) is 0 Å². The molecule has 12 fully saturated rings. The Morgan fingerprint density at radius 2 is 0.739 bits per heavy atom. The number of carboxylic acid groups (broad SMARTS) is 3. The van der Waals surface area contributed by atoms with E-state index < -0.39 is 46.4 Å². The van der Waals surface area contributed by atoms with Gasteiger partial charge in [-0.3, -0.25) is 14.4 Å². The number of H-pyrrole nitrogens is 1. The predicted octanol–water partition coefficient (Wildman–Crippen LogP) is 22.8. The number of allylic oxidation sites excluding steroid dienone is 3. The van der Waals surface area contributed by atoms with E-state index in [2.05, 4.69) is 252 Å². The molecule has 0 amide bonds. The Kier molecular flexibility index (Phi) is 31.9. The van der Waals surface area contributed by atoms with Crippen molar-refractivity contribution in [2.75, 3.05) is 66.6 Å². The van der Waals surface area contributed by atoms with Crippen LogP contribution in [0.15, 0.2) is 72.1 Å². The molecule has 0 aromatic carbocycles. The maximum Gasteiger partial charge on any atom is 0.307 e. The number of methoxy groups -OCH3 is 1. The van der Waals surface area contributed by atoms with Gasteiger partial charge in [0.2, 0.25) is 0 Å². The van der Waals surface area contributed by atoms with Crippen molar-refractivity contribution >= 4 is 17.9 Å². The molecule has 3 aliphatic heterocycles. The molecule has 18 rings (SSSR count). The number of nitrogens with two attached hydrogens (primary N) is 3. The first-order valence-electron chi connectivity index (χ1n) is 54.9. The molecule has 3 saturated heterocycles. The first-order valence-corrected chi connectivity index (χ1v) is 54.9. The maximum absolute atomic E-state index is 13.4. The molecule has 3 aromatic rings. The van der Waals surface area contributed by atoms with Crippen LogP contribution in [0.2, 0.25) is 0 Å². The van der Waals surface area contributed by atoms with Crippen molar-refractivity contribution in [3.8, 4) is 0 Å². The SMILES string of the molecule is C.C.CC(C)[C@@H](C)[C@@]1(C)CC[C@]2(C)[C@H]3CC[C@@H]4[C@@]5(COC[C@@]4(C)[C@@H](OC[C@](C)(N)C(C)C)[C@H](n4ccnn4)C5)C3=CC[C@@]2(C)[C@@H]1C(=O)O.CC(C)[C@@H](C)[C@@]1(C)CC[C@]2(C)[C@H]3CC[C@@H]4[C@@]5(COC[C@@]4(C)[C@@H](OC[C@](C)(N)C(C)C)[C@H](n4nccn4)C5)C3=CC[C@@]2(C)[C@@H]1C(=O)O.CO[C@@H]1C[C@@]23COC[C@](C)([C@@H]2CC[C@H]2C3=CC[C@@]3(C)[C@H](C(=O)O)[C@@](C)([C@H](C)C(C)C)CC[C@]23C)[C@H]1OC[C@](C)(N)C(C)C.c1cn[nH]n1. The second kappa shape index (κ2) is 39.8. The smallest absolute Gasteiger partial charge is 0.307 e. The second-order valence-electron chi connectivity index (χ2n) is 55.1. The number of aromatic nitrogens is 9. The number of nitrogens with zero attached hydrogens (tertiary/aromatic N) is 8. The first kappa shape index (κ1) is 114. The van der Waals surface area contributed by atoms with Crippen LogP contribution >= 0.6 is 0 Å². The summed E-state index contributed by atoms with van der Waals surface area (Å²) < 4.78 is 49.0. The number of hydrogen-bond donors (Lipinski definition) is 7.